The third-order valence-corrected chi connectivity index (χ3v) is 14.3. The van der Waals surface area contributed by atoms with Gasteiger partial charge in [-0.3, -0.25) is 0 Å². The maximum Gasteiger partial charge on any atom is 0.192 e. The number of nitrogens with zero attached hydrogens (tertiary/aromatic N) is 4. The number of anilines is 1. The summed E-state index contributed by atoms with van der Waals surface area (Å²) >= 11 is 0. The van der Waals surface area contributed by atoms with Gasteiger partial charge in [0.2, 0.25) is 0 Å². The van der Waals surface area contributed by atoms with Crippen molar-refractivity contribution in [1.29, 1.82) is 0 Å². The normalized spacial score (nSPS) is 18.2. The third kappa shape index (κ3) is 7.02. The first-order valence-electron chi connectivity index (χ1n) is 16.8. The highest BCUT2D eigenvalue weighted by Gasteiger charge is 2.43. The molecule has 2 unspecified atom stereocenters. The van der Waals surface area contributed by atoms with E-state index in [1.54, 1.807) is 0 Å². The van der Waals surface area contributed by atoms with Crippen molar-refractivity contribution in [1.82, 2.24) is 14.6 Å². The summed E-state index contributed by atoms with van der Waals surface area (Å²) in [6, 6.07) is 9.03. The Morgan fingerprint density at radius 2 is 1.68 bits per heavy atom. The first kappa shape index (κ1) is 33.0. The predicted octanol–water partition coefficient (Wildman–Crippen LogP) is 8.83. The molecule has 2 aromatic heterocycles. The van der Waals surface area contributed by atoms with Crippen LogP contribution < -0.4 is 9.64 Å². The second-order valence-electron chi connectivity index (χ2n) is 15.9. The van der Waals surface area contributed by atoms with Gasteiger partial charge in [-0.15, -0.1) is 0 Å². The van der Waals surface area contributed by atoms with Crippen LogP contribution in [0.4, 0.5) is 5.82 Å². The van der Waals surface area contributed by atoms with E-state index in [0.717, 1.165) is 66.8 Å². The molecule has 1 saturated heterocycles. The SMILES string of the molecule is CCC(O[Si](C)(C)C(C)(C)C)C(Oc1cc(-c2cc(N3CCOCC3)n3ncc(C(C)C)c3n2)cc(C2CC2)c1)C(C)(C)C. The fourth-order valence-corrected chi connectivity index (χ4v) is 7.30. The average molecular weight is 621 g/mol. The molecule has 0 radical (unpaired) electrons. The van der Waals surface area contributed by atoms with Crippen molar-refractivity contribution in [3.05, 3.63) is 41.6 Å². The van der Waals surface area contributed by atoms with Gasteiger partial charge in [0.25, 0.3) is 0 Å². The zero-order valence-electron chi connectivity index (χ0n) is 29.2. The second-order valence-corrected chi connectivity index (χ2v) is 20.6. The molecule has 0 N–H and O–H groups in total. The number of hydrogen-bond acceptors (Lipinski definition) is 6. The van der Waals surface area contributed by atoms with E-state index in [1.165, 1.54) is 18.4 Å². The van der Waals surface area contributed by atoms with E-state index in [2.05, 4.69) is 105 Å². The van der Waals surface area contributed by atoms with Gasteiger partial charge < -0.3 is 18.8 Å². The Labute approximate surface area is 266 Å². The molecule has 242 valence electrons. The smallest absolute Gasteiger partial charge is 0.192 e. The number of benzene rings is 1. The standard InChI is InChI=1S/C36H56N4O3Si/c1-12-31(43-44(10,11)36(7,8)9)33(35(4,5)6)42-28-20-26(25-13-14-25)19-27(21-28)30-22-32(39-15-17-41-18-16-39)40-34(38-30)29(23-37-40)24(2)3/h19-25,31,33H,12-18H2,1-11H3. The molecule has 2 atom stereocenters. The molecule has 2 fully saturated rings. The molecule has 0 spiro atoms. The van der Waals surface area contributed by atoms with Crippen molar-refractivity contribution < 1.29 is 13.9 Å². The number of fused-ring (bicyclic) bond motifs is 1. The van der Waals surface area contributed by atoms with E-state index in [-0.39, 0.29) is 22.7 Å². The molecule has 7 nitrogen and oxygen atoms in total. The van der Waals surface area contributed by atoms with Crippen LogP contribution in [0, 0.1) is 5.41 Å². The maximum absolute atomic E-state index is 7.08. The Balaban J connectivity index is 1.58. The molecule has 2 aliphatic rings. The first-order valence-corrected chi connectivity index (χ1v) is 19.7. The van der Waals surface area contributed by atoms with E-state index in [4.69, 9.17) is 24.0 Å². The highest BCUT2D eigenvalue weighted by Crippen LogP contribution is 2.44. The van der Waals surface area contributed by atoms with Crippen molar-refractivity contribution >= 4 is 19.8 Å². The van der Waals surface area contributed by atoms with Crippen LogP contribution in [-0.2, 0) is 9.16 Å². The van der Waals surface area contributed by atoms with E-state index >= 15 is 0 Å². The third-order valence-electron chi connectivity index (χ3n) is 9.82. The summed E-state index contributed by atoms with van der Waals surface area (Å²) in [4.78, 5) is 7.64. The van der Waals surface area contributed by atoms with Gasteiger partial charge in [-0.05, 0) is 73.0 Å². The molecule has 3 heterocycles. The summed E-state index contributed by atoms with van der Waals surface area (Å²) in [5, 5.41) is 4.93. The zero-order chi connectivity index (χ0) is 32.0. The van der Waals surface area contributed by atoms with Crippen LogP contribution in [0.1, 0.15) is 105 Å². The van der Waals surface area contributed by atoms with Gasteiger partial charge in [0, 0.05) is 35.7 Å². The summed E-state index contributed by atoms with van der Waals surface area (Å²) in [7, 11) is -2.00. The summed E-state index contributed by atoms with van der Waals surface area (Å²) in [5.41, 5.74) is 5.39. The molecular weight excluding hydrogens is 565 g/mol. The van der Waals surface area contributed by atoms with E-state index in [9.17, 15) is 0 Å². The molecular formula is C36H56N4O3Si. The van der Waals surface area contributed by atoms with Gasteiger partial charge in [0.05, 0.1) is 31.2 Å². The average Bonchev–Trinajstić information content (AvgIpc) is 3.72. The van der Waals surface area contributed by atoms with Crippen LogP contribution in [0.5, 0.6) is 5.75 Å². The van der Waals surface area contributed by atoms with Crippen molar-refractivity contribution in [3.8, 4) is 17.0 Å². The van der Waals surface area contributed by atoms with Crippen LogP contribution in [0.15, 0.2) is 30.5 Å². The van der Waals surface area contributed by atoms with Crippen LogP contribution >= 0.6 is 0 Å². The van der Waals surface area contributed by atoms with Gasteiger partial charge in [0.1, 0.15) is 17.7 Å². The highest BCUT2D eigenvalue weighted by atomic mass is 28.4. The van der Waals surface area contributed by atoms with Crippen molar-refractivity contribution in [2.75, 3.05) is 31.2 Å². The lowest BCUT2D eigenvalue weighted by Gasteiger charge is -2.44. The molecule has 5 rings (SSSR count). The van der Waals surface area contributed by atoms with Crippen LogP contribution in [0.3, 0.4) is 0 Å². The van der Waals surface area contributed by atoms with Gasteiger partial charge in [-0.1, -0.05) is 62.3 Å². The minimum Gasteiger partial charge on any atom is -0.487 e. The van der Waals surface area contributed by atoms with Gasteiger partial charge >= 0.3 is 0 Å². The lowest BCUT2D eigenvalue weighted by atomic mass is 9.84. The van der Waals surface area contributed by atoms with E-state index in [1.807, 2.05) is 10.7 Å². The molecule has 1 aromatic carbocycles. The maximum atomic E-state index is 7.08. The monoisotopic (exact) mass is 620 g/mol. The fraction of sp³-hybridized carbons (Fsp3) is 0.667. The van der Waals surface area contributed by atoms with Gasteiger partial charge in [-0.2, -0.15) is 9.61 Å². The molecule has 8 heteroatoms. The lowest BCUT2D eigenvalue weighted by molar-refractivity contribution is -0.0215. The summed E-state index contributed by atoms with van der Waals surface area (Å²) in [6.07, 6.45) is 5.26. The molecule has 44 heavy (non-hydrogen) atoms. The van der Waals surface area contributed by atoms with Crippen molar-refractivity contribution in [2.24, 2.45) is 5.41 Å². The summed E-state index contributed by atoms with van der Waals surface area (Å²) in [6.45, 7) is 28.2. The largest absolute Gasteiger partial charge is 0.487 e. The Kier molecular flexibility index (Phi) is 9.29. The topological polar surface area (TPSA) is 61.1 Å². The number of hydrogen-bond donors (Lipinski definition) is 0. The predicted molar refractivity (Wildman–Crippen MR) is 184 cm³/mol. The number of rotatable bonds is 10. The number of aromatic nitrogens is 3. The van der Waals surface area contributed by atoms with E-state index < -0.39 is 8.32 Å². The Morgan fingerprint density at radius 3 is 2.25 bits per heavy atom. The Hall–Kier alpha value is -2.42. The van der Waals surface area contributed by atoms with Gasteiger partial charge in [0.15, 0.2) is 14.0 Å². The summed E-state index contributed by atoms with van der Waals surface area (Å²) in [5.74, 6) is 2.89. The molecule has 1 aliphatic heterocycles. The van der Waals surface area contributed by atoms with E-state index in [0.29, 0.717) is 11.8 Å². The number of morpholine rings is 1. The lowest BCUT2D eigenvalue weighted by Crippen LogP contribution is -2.51. The summed E-state index contributed by atoms with van der Waals surface area (Å²) < 4.78 is 21.8. The van der Waals surface area contributed by atoms with Gasteiger partial charge in [-0.25, -0.2) is 4.98 Å². The quantitative estimate of drug-likeness (QED) is 0.211. The molecule has 1 saturated carbocycles. The molecule has 3 aromatic rings. The van der Waals surface area contributed by atoms with Crippen LogP contribution in [-0.4, -0.2) is 61.4 Å². The van der Waals surface area contributed by atoms with Crippen LogP contribution in [0.2, 0.25) is 18.1 Å². The van der Waals surface area contributed by atoms with Crippen LogP contribution in [0.25, 0.3) is 16.9 Å². The number of ether oxygens (including phenoxy) is 2. The molecule has 0 amide bonds. The second kappa shape index (κ2) is 12.4. The van der Waals surface area contributed by atoms with Crippen molar-refractivity contribution in [3.63, 3.8) is 0 Å². The first-order chi connectivity index (χ1) is 20.6. The highest BCUT2D eigenvalue weighted by molar-refractivity contribution is 6.74. The minimum atomic E-state index is -2.00. The fourth-order valence-electron chi connectivity index (χ4n) is 5.90. The minimum absolute atomic E-state index is 0.00622. The van der Waals surface area contributed by atoms with Crippen molar-refractivity contribution in [2.45, 2.75) is 124 Å². The zero-order valence-corrected chi connectivity index (χ0v) is 30.2. The molecule has 0 bridgehead atoms. The Morgan fingerprint density at radius 1 is 1.00 bits per heavy atom. The molecule has 1 aliphatic carbocycles. The Bertz CT molecular complexity index is 1440.